The lowest BCUT2D eigenvalue weighted by molar-refractivity contribution is -0.138. The number of carbonyl (C=O) groups excluding carboxylic acids is 4. The number of benzene rings is 1. The zero-order valence-corrected chi connectivity index (χ0v) is 27.7. The maximum atomic E-state index is 13.6. The molecule has 2 aromatic rings. The van der Waals surface area contributed by atoms with E-state index in [-0.39, 0.29) is 46.7 Å². The molecule has 2 aliphatic rings. The molecule has 2 aliphatic heterocycles. The van der Waals surface area contributed by atoms with Crippen molar-refractivity contribution in [2.75, 3.05) is 74.6 Å². The van der Waals surface area contributed by atoms with Crippen molar-refractivity contribution < 1.29 is 38.9 Å². The molecule has 2 unspecified atom stereocenters. The van der Waals surface area contributed by atoms with Crippen LogP contribution < -0.4 is 19.7 Å². The lowest BCUT2D eigenvalue weighted by Crippen LogP contribution is -2.49. The van der Waals surface area contributed by atoms with Crippen LogP contribution in [0.1, 0.15) is 20.8 Å². The Kier molecular flexibility index (Phi) is 14.1. The number of amides is 3. The van der Waals surface area contributed by atoms with Gasteiger partial charge in [-0.2, -0.15) is 4.98 Å². The highest BCUT2D eigenvalue weighted by atomic mass is 35.5. The van der Waals surface area contributed by atoms with E-state index in [1.54, 1.807) is 35.8 Å². The second-order valence-electron chi connectivity index (χ2n) is 9.79. The number of carbonyl (C=O) groups is 4. The van der Waals surface area contributed by atoms with Gasteiger partial charge in [-0.3, -0.25) is 14.4 Å². The number of hydrogen-bond acceptors (Lipinski definition) is 12. The van der Waals surface area contributed by atoms with Crippen molar-refractivity contribution in [2.24, 2.45) is 5.92 Å². The Labute approximate surface area is 270 Å². The summed E-state index contributed by atoms with van der Waals surface area (Å²) in [4.78, 5) is 65.0. The summed E-state index contributed by atoms with van der Waals surface area (Å²) in [5.41, 5.74) is 0.532. The Balaban J connectivity index is 0.00000337. The molecule has 3 heterocycles. The fourth-order valence-corrected chi connectivity index (χ4v) is 6.45. The molecule has 0 aliphatic carbocycles. The molecule has 1 aromatic heterocycles. The Hall–Kier alpha value is -3.21. The quantitative estimate of drug-likeness (QED) is 0.411. The molecule has 0 spiro atoms. The SMILES string of the molecule is CCOC(=O)N1CCN(c2nc(NC(=O)C3CSCN3C(=O)C(C)CSC(C)=O)c3cc(OC)c(OC)cc3n2)CC1.Cl.O. The minimum absolute atomic E-state index is 0. The van der Waals surface area contributed by atoms with Gasteiger partial charge in [0, 0.05) is 62.0 Å². The average molecular weight is 675 g/mol. The number of rotatable bonds is 9. The van der Waals surface area contributed by atoms with Gasteiger partial charge in [-0.15, -0.1) is 24.2 Å². The zero-order valence-electron chi connectivity index (χ0n) is 25.3. The van der Waals surface area contributed by atoms with Crippen molar-refractivity contribution in [1.29, 1.82) is 0 Å². The number of methoxy groups -OCH3 is 2. The standard InChI is InChI=1S/C27H36N6O7S2.ClH.H2O/c1-6-40-27(37)32-9-7-31(8-10-32)26-28-19-12-22(39-5)21(38-4)11-18(19)23(30-26)29-24(35)20-14-41-15-33(20)25(36)16(2)13-42-17(3)34;;/h11-12,16,20H,6-10,13-15H2,1-5H3,(H,28,29,30,35);1H;1H2. The summed E-state index contributed by atoms with van der Waals surface area (Å²) in [5.74, 6) is 1.81. The van der Waals surface area contributed by atoms with E-state index in [1.807, 2.05) is 4.90 Å². The summed E-state index contributed by atoms with van der Waals surface area (Å²) < 4.78 is 16.1. The second kappa shape index (κ2) is 16.7. The van der Waals surface area contributed by atoms with E-state index in [9.17, 15) is 19.2 Å². The molecule has 4 rings (SSSR count). The molecule has 17 heteroatoms. The molecule has 244 valence electrons. The molecule has 0 bridgehead atoms. The van der Waals surface area contributed by atoms with E-state index in [2.05, 4.69) is 5.32 Å². The van der Waals surface area contributed by atoms with Gasteiger partial charge in [0.15, 0.2) is 16.6 Å². The van der Waals surface area contributed by atoms with E-state index in [0.29, 0.717) is 78.5 Å². The maximum absolute atomic E-state index is 13.6. The molecule has 2 atom stereocenters. The lowest BCUT2D eigenvalue weighted by atomic mass is 10.1. The van der Waals surface area contributed by atoms with Crippen LogP contribution >= 0.6 is 35.9 Å². The first kappa shape index (κ1) is 37.0. The fourth-order valence-electron chi connectivity index (χ4n) is 4.66. The molecule has 0 saturated carbocycles. The van der Waals surface area contributed by atoms with Crippen molar-refractivity contribution >= 4 is 81.6 Å². The largest absolute Gasteiger partial charge is 0.493 e. The molecule has 2 saturated heterocycles. The predicted octanol–water partition coefficient (Wildman–Crippen LogP) is 2.28. The molecule has 1 aromatic carbocycles. The third-order valence-corrected chi connectivity index (χ3v) is 9.03. The molecular formula is C27H39ClN6O8S2. The van der Waals surface area contributed by atoms with Crippen LogP contribution in [0.15, 0.2) is 12.1 Å². The molecular weight excluding hydrogens is 636 g/mol. The number of halogens is 1. The van der Waals surface area contributed by atoms with E-state index >= 15 is 0 Å². The number of fused-ring (bicyclic) bond motifs is 1. The molecule has 2 fully saturated rings. The normalized spacial score (nSPS) is 16.8. The van der Waals surface area contributed by atoms with Gasteiger partial charge in [-0.1, -0.05) is 18.7 Å². The highest BCUT2D eigenvalue weighted by molar-refractivity contribution is 8.13. The van der Waals surface area contributed by atoms with E-state index in [1.165, 1.54) is 32.9 Å². The van der Waals surface area contributed by atoms with Gasteiger partial charge in [-0.05, 0) is 13.0 Å². The maximum Gasteiger partial charge on any atom is 0.409 e. The van der Waals surface area contributed by atoms with Crippen molar-refractivity contribution in [3.05, 3.63) is 12.1 Å². The minimum Gasteiger partial charge on any atom is -0.493 e. The van der Waals surface area contributed by atoms with Gasteiger partial charge >= 0.3 is 6.09 Å². The lowest BCUT2D eigenvalue weighted by Gasteiger charge is -2.34. The number of anilines is 2. The number of thioether (sulfide) groups is 2. The Morgan fingerprint density at radius 2 is 1.75 bits per heavy atom. The number of nitrogens with one attached hydrogen (secondary N) is 1. The van der Waals surface area contributed by atoms with Crippen LogP contribution in [0, 0.1) is 5.92 Å². The van der Waals surface area contributed by atoms with Crippen LogP contribution in [0.3, 0.4) is 0 Å². The van der Waals surface area contributed by atoms with Crippen molar-refractivity contribution in [3.63, 3.8) is 0 Å². The smallest absolute Gasteiger partial charge is 0.409 e. The Bertz CT molecular complexity index is 1350. The number of nitrogens with zero attached hydrogens (tertiary/aromatic N) is 5. The number of aromatic nitrogens is 2. The molecule has 3 amide bonds. The van der Waals surface area contributed by atoms with Crippen LogP contribution in [0.25, 0.3) is 10.9 Å². The first-order chi connectivity index (χ1) is 20.2. The Morgan fingerprint density at radius 3 is 2.36 bits per heavy atom. The average Bonchev–Trinajstić information content (AvgIpc) is 3.49. The predicted molar refractivity (Wildman–Crippen MR) is 173 cm³/mol. The third-order valence-electron chi connectivity index (χ3n) is 6.95. The van der Waals surface area contributed by atoms with Crippen molar-refractivity contribution in [2.45, 2.75) is 26.8 Å². The highest BCUT2D eigenvalue weighted by Crippen LogP contribution is 2.35. The zero-order chi connectivity index (χ0) is 30.4. The second-order valence-corrected chi connectivity index (χ2v) is 12.0. The van der Waals surface area contributed by atoms with Crippen LogP contribution in [0.5, 0.6) is 11.5 Å². The first-order valence-electron chi connectivity index (χ1n) is 13.6. The number of piperazine rings is 1. The summed E-state index contributed by atoms with van der Waals surface area (Å²) in [6.45, 7) is 7.13. The summed E-state index contributed by atoms with van der Waals surface area (Å²) in [7, 11) is 3.05. The van der Waals surface area contributed by atoms with Gasteiger partial charge < -0.3 is 39.7 Å². The summed E-state index contributed by atoms with van der Waals surface area (Å²) in [6, 6.07) is 2.73. The van der Waals surface area contributed by atoms with Gasteiger partial charge in [0.1, 0.15) is 11.9 Å². The van der Waals surface area contributed by atoms with Gasteiger partial charge in [-0.25, -0.2) is 9.78 Å². The molecule has 3 N–H and O–H groups in total. The van der Waals surface area contributed by atoms with Crippen molar-refractivity contribution in [3.8, 4) is 11.5 Å². The van der Waals surface area contributed by atoms with E-state index < -0.39 is 12.0 Å². The van der Waals surface area contributed by atoms with E-state index in [0.717, 1.165) is 11.8 Å². The van der Waals surface area contributed by atoms with E-state index in [4.69, 9.17) is 24.2 Å². The molecule has 44 heavy (non-hydrogen) atoms. The fraction of sp³-hybridized carbons (Fsp3) is 0.556. The van der Waals surface area contributed by atoms with Crippen LogP contribution in [-0.4, -0.2) is 119 Å². The number of ether oxygens (including phenoxy) is 3. The number of hydrogen-bond donors (Lipinski definition) is 1. The molecule has 0 radical (unpaired) electrons. The summed E-state index contributed by atoms with van der Waals surface area (Å²) in [5, 5.41) is 3.44. The van der Waals surface area contributed by atoms with Crippen molar-refractivity contribution in [1.82, 2.24) is 19.8 Å². The summed E-state index contributed by atoms with van der Waals surface area (Å²) >= 11 is 2.60. The highest BCUT2D eigenvalue weighted by Gasteiger charge is 2.37. The van der Waals surface area contributed by atoms with Gasteiger partial charge in [0.2, 0.25) is 17.8 Å². The van der Waals surface area contributed by atoms with Crippen LogP contribution in [-0.2, 0) is 19.1 Å². The first-order valence-corrected chi connectivity index (χ1v) is 15.7. The van der Waals surface area contributed by atoms with Crippen LogP contribution in [0.4, 0.5) is 16.6 Å². The third kappa shape index (κ3) is 8.49. The van der Waals surface area contributed by atoms with Gasteiger partial charge in [0.25, 0.3) is 0 Å². The Morgan fingerprint density at radius 1 is 1.09 bits per heavy atom. The molecule has 14 nitrogen and oxygen atoms in total. The van der Waals surface area contributed by atoms with Gasteiger partial charge in [0.05, 0.1) is 32.2 Å². The minimum atomic E-state index is -0.700. The van der Waals surface area contributed by atoms with Crippen LogP contribution in [0.2, 0.25) is 0 Å². The monoisotopic (exact) mass is 674 g/mol. The topological polar surface area (TPSA) is 175 Å². The summed E-state index contributed by atoms with van der Waals surface area (Å²) in [6.07, 6.45) is -0.357.